The molecule has 2 aromatic rings. The van der Waals surface area contributed by atoms with Gasteiger partial charge in [-0.25, -0.2) is 0 Å². The summed E-state index contributed by atoms with van der Waals surface area (Å²) in [4.78, 5) is 0. The Bertz CT molecular complexity index is 553. The van der Waals surface area contributed by atoms with E-state index in [1.807, 2.05) is 36.4 Å². The maximum absolute atomic E-state index is 10.1. The van der Waals surface area contributed by atoms with Gasteiger partial charge in [0, 0.05) is 6.54 Å². The molecule has 2 nitrogen and oxygen atoms in total. The largest absolute Gasteiger partial charge is 0.316 e. The second kappa shape index (κ2) is 6.56. The molecule has 3 rings (SSSR count). The first kappa shape index (κ1) is 15.3. The van der Waals surface area contributed by atoms with Crippen molar-refractivity contribution in [3.8, 4) is 6.07 Å². The number of nitrogens with one attached hydrogen (secondary N) is 1. The summed E-state index contributed by atoms with van der Waals surface area (Å²) in [7, 11) is 0. The van der Waals surface area contributed by atoms with Crippen LogP contribution in [0.4, 0.5) is 0 Å². The lowest BCUT2D eigenvalue weighted by Crippen LogP contribution is -2.36. The van der Waals surface area contributed by atoms with Gasteiger partial charge >= 0.3 is 0 Å². The van der Waals surface area contributed by atoms with Crippen LogP contribution in [0.15, 0.2) is 60.7 Å². The molecule has 1 saturated heterocycles. The van der Waals surface area contributed by atoms with Crippen molar-refractivity contribution >= 4 is 0 Å². The van der Waals surface area contributed by atoms with E-state index < -0.39 is 5.41 Å². The first-order valence-corrected chi connectivity index (χ1v) is 7.11. The fourth-order valence-corrected chi connectivity index (χ4v) is 3.28. The lowest BCUT2D eigenvalue weighted by Gasteiger charge is -2.33. The third-order valence-corrected chi connectivity index (χ3v) is 4.31. The van der Waals surface area contributed by atoms with Crippen molar-refractivity contribution in [2.24, 2.45) is 5.92 Å². The van der Waals surface area contributed by atoms with E-state index in [1.54, 1.807) is 0 Å². The molecule has 1 N–H and O–H groups in total. The molecule has 0 radical (unpaired) electrons. The Kier molecular flexibility index (Phi) is 4.77. The summed E-state index contributed by atoms with van der Waals surface area (Å²) in [6.07, 6.45) is 1.04. The van der Waals surface area contributed by atoms with Crippen LogP contribution in [0.5, 0.6) is 0 Å². The van der Waals surface area contributed by atoms with Gasteiger partial charge in [0.2, 0.25) is 0 Å². The zero-order chi connectivity index (χ0) is 13.8. The second-order valence-corrected chi connectivity index (χ2v) is 5.34. The first-order chi connectivity index (χ1) is 9.88. The van der Waals surface area contributed by atoms with Crippen molar-refractivity contribution in [1.82, 2.24) is 5.32 Å². The van der Waals surface area contributed by atoms with E-state index in [0.29, 0.717) is 5.92 Å². The molecular weight excluding hydrogens is 256 g/mol. The maximum Gasteiger partial charge on any atom is 0.111 e. The summed E-state index contributed by atoms with van der Waals surface area (Å²) in [5, 5.41) is 13.5. The zero-order valence-corrected chi connectivity index (χ0v) is 11.4. The second-order valence-electron chi connectivity index (χ2n) is 5.34. The molecule has 0 bridgehead atoms. The lowest BCUT2D eigenvalue weighted by atomic mass is 9.66. The summed E-state index contributed by atoms with van der Waals surface area (Å²) in [5.74, 6) is 0.317. The van der Waals surface area contributed by atoms with Crippen LogP contribution in [-0.2, 0) is 5.41 Å². The standard InChI is InChI=1S/C18H18N2.CH4/c19-14-18(17-11-12-20-13-17,15-7-3-1-4-8-15)16-9-5-2-6-10-16;/h1-10,17,20H,11-13H2;1H4/t17-;/m1./s1. The van der Waals surface area contributed by atoms with Crippen LogP contribution in [0, 0.1) is 17.2 Å². The van der Waals surface area contributed by atoms with Crippen molar-refractivity contribution in [2.45, 2.75) is 19.3 Å². The van der Waals surface area contributed by atoms with Crippen molar-refractivity contribution in [3.05, 3.63) is 71.8 Å². The molecule has 21 heavy (non-hydrogen) atoms. The molecule has 1 fully saturated rings. The molecule has 0 unspecified atom stereocenters. The molecule has 0 amide bonds. The first-order valence-electron chi connectivity index (χ1n) is 7.11. The van der Waals surface area contributed by atoms with Gasteiger partial charge in [0.1, 0.15) is 5.41 Å². The molecule has 0 aromatic heterocycles. The van der Waals surface area contributed by atoms with E-state index in [9.17, 15) is 5.26 Å². The highest BCUT2D eigenvalue weighted by atomic mass is 14.9. The molecule has 1 aliphatic heterocycles. The number of benzene rings is 2. The van der Waals surface area contributed by atoms with Crippen molar-refractivity contribution in [1.29, 1.82) is 5.26 Å². The lowest BCUT2D eigenvalue weighted by molar-refractivity contribution is 0.425. The predicted octanol–water partition coefficient (Wildman–Crippen LogP) is 3.74. The van der Waals surface area contributed by atoms with E-state index in [4.69, 9.17) is 0 Å². The average molecular weight is 278 g/mol. The highest BCUT2D eigenvalue weighted by Crippen LogP contribution is 2.41. The van der Waals surface area contributed by atoms with Gasteiger partial charge in [0.15, 0.2) is 0 Å². The highest BCUT2D eigenvalue weighted by Gasteiger charge is 2.43. The van der Waals surface area contributed by atoms with Crippen LogP contribution >= 0.6 is 0 Å². The summed E-state index contributed by atoms with van der Waals surface area (Å²) < 4.78 is 0. The minimum absolute atomic E-state index is 0. The van der Waals surface area contributed by atoms with Gasteiger partial charge < -0.3 is 5.32 Å². The van der Waals surface area contributed by atoms with E-state index in [1.165, 1.54) is 0 Å². The molecule has 0 saturated carbocycles. The van der Waals surface area contributed by atoms with Gasteiger partial charge in [-0.1, -0.05) is 68.1 Å². The van der Waals surface area contributed by atoms with Gasteiger partial charge in [-0.15, -0.1) is 0 Å². The summed E-state index contributed by atoms with van der Waals surface area (Å²) in [6.45, 7) is 1.89. The van der Waals surface area contributed by atoms with Gasteiger partial charge in [-0.2, -0.15) is 5.26 Å². The number of rotatable bonds is 3. The fraction of sp³-hybridized carbons (Fsp3) is 0.316. The van der Waals surface area contributed by atoms with Crippen LogP contribution in [0.2, 0.25) is 0 Å². The maximum atomic E-state index is 10.1. The van der Waals surface area contributed by atoms with Crippen LogP contribution in [0.3, 0.4) is 0 Å². The van der Waals surface area contributed by atoms with E-state index >= 15 is 0 Å². The van der Waals surface area contributed by atoms with Gasteiger partial charge in [0.05, 0.1) is 6.07 Å². The quantitative estimate of drug-likeness (QED) is 0.928. The SMILES string of the molecule is C.N#CC(c1ccccc1)(c1ccccc1)[C@@H]1CCNC1. The summed E-state index contributed by atoms with van der Waals surface area (Å²) in [5.41, 5.74) is 1.65. The minimum atomic E-state index is -0.550. The summed E-state index contributed by atoms with van der Waals surface area (Å²) in [6, 6.07) is 23.1. The molecule has 108 valence electrons. The van der Waals surface area contributed by atoms with Crippen LogP contribution in [0.1, 0.15) is 25.0 Å². The van der Waals surface area contributed by atoms with Crippen molar-refractivity contribution < 1.29 is 0 Å². The van der Waals surface area contributed by atoms with E-state index in [2.05, 4.69) is 35.7 Å². The van der Waals surface area contributed by atoms with Crippen molar-refractivity contribution in [2.75, 3.05) is 13.1 Å². The topological polar surface area (TPSA) is 35.8 Å². The van der Waals surface area contributed by atoms with Gasteiger partial charge in [-0.3, -0.25) is 0 Å². The number of hydrogen-bond acceptors (Lipinski definition) is 2. The van der Waals surface area contributed by atoms with Crippen LogP contribution < -0.4 is 5.32 Å². The molecule has 0 spiro atoms. The minimum Gasteiger partial charge on any atom is -0.316 e. The van der Waals surface area contributed by atoms with Gasteiger partial charge in [-0.05, 0) is 30.0 Å². The average Bonchev–Trinajstić information content (AvgIpc) is 3.06. The Morgan fingerprint density at radius 2 is 1.48 bits per heavy atom. The molecule has 1 aliphatic rings. The Labute approximate surface area is 127 Å². The molecule has 1 heterocycles. The highest BCUT2D eigenvalue weighted by molar-refractivity contribution is 5.47. The van der Waals surface area contributed by atoms with Crippen LogP contribution in [0.25, 0.3) is 0 Å². The third kappa shape index (κ3) is 2.57. The number of nitrogens with zero attached hydrogens (tertiary/aromatic N) is 1. The number of hydrogen-bond donors (Lipinski definition) is 1. The van der Waals surface area contributed by atoms with Crippen molar-refractivity contribution in [3.63, 3.8) is 0 Å². The van der Waals surface area contributed by atoms with Gasteiger partial charge in [0.25, 0.3) is 0 Å². The third-order valence-electron chi connectivity index (χ3n) is 4.31. The van der Waals surface area contributed by atoms with Crippen LogP contribution in [-0.4, -0.2) is 13.1 Å². The Hall–Kier alpha value is -2.11. The molecule has 1 atom stereocenters. The molecule has 2 aromatic carbocycles. The fourth-order valence-electron chi connectivity index (χ4n) is 3.28. The summed E-state index contributed by atoms with van der Waals surface area (Å²) >= 11 is 0. The number of nitriles is 1. The molecular formula is C19H22N2. The molecule has 0 aliphatic carbocycles. The monoisotopic (exact) mass is 278 g/mol. The van der Waals surface area contributed by atoms with E-state index in [-0.39, 0.29) is 7.43 Å². The smallest absolute Gasteiger partial charge is 0.111 e. The van der Waals surface area contributed by atoms with E-state index in [0.717, 1.165) is 30.6 Å². The zero-order valence-electron chi connectivity index (χ0n) is 11.4. The molecule has 2 heteroatoms. The normalized spacial score (nSPS) is 17.8. The Morgan fingerprint density at radius 1 is 0.952 bits per heavy atom. The predicted molar refractivity (Wildman–Crippen MR) is 87.0 cm³/mol. The Morgan fingerprint density at radius 3 is 1.86 bits per heavy atom. The Balaban J connectivity index is 0.00000161.